The lowest BCUT2D eigenvalue weighted by atomic mass is 9.90. The molecule has 2 heterocycles. The number of aromatic nitrogens is 1. The molecule has 1 aliphatic heterocycles. The summed E-state index contributed by atoms with van der Waals surface area (Å²) in [5.74, 6) is 1.48. The highest BCUT2D eigenvalue weighted by Gasteiger charge is 2.33. The number of fused-ring (bicyclic) bond motifs is 1. The number of piperidine rings is 1. The van der Waals surface area contributed by atoms with Gasteiger partial charge in [-0.05, 0) is 74.9 Å². The molecule has 3 aromatic rings. The standard InChI is InChI=1S/C27H34FN3O5S/c1-34-22-7-9-24(35-2)26(15-22)37(32,33)29-16-19-4-3-5-20(19)17-31-12-10-18(11-13-31)27-23-8-6-21(28)14-25(23)36-30-27/h6-9,14-15,18-20,29H,3-5,10-13,16-17H2,1-2H3/t19-,20-/m1/s1. The van der Waals surface area contributed by atoms with Gasteiger partial charge in [-0.1, -0.05) is 11.6 Å². The van der Waals surface area contributed by atoms with Crippen LogP contribution in [0.4, 0.5) is 4.39 Å². The van der Waals surface area contributed by atoms with Gasteiger partial charge in [-0.2, -0.15) is 0 Å². The Morgan fingerprint density at radius 2 is 1.84 bits per heavy atom. The van der Waals surface area contributed by atoms with Gasteiger partial charge in [0.15, 0.2) is 5.58 Å². The van der Waals surface area contributed by atoms with Crippen molar-refractivity contribution in [3.8, 4) is 11.5 Å². The fourth-order valence-electron chi connectivity index (χ4n) is 5.86. The van der Waals surface area contributed by atoms with Gasteiger partial charge in [0.1, 0.15) is 22.2 Å². The van der Waals surface area contributed by atoms with Gasteiger partial charge >= 0.3 is 0 Å². The van der Waals surface area contributed by atoms with Crippen LogP contribution in [-0.2, 0) is 10.0 Å². The lowest BCUT2D eigenvalue weighted by molar-refractivity contribution is 0.164. The minimum Gasteiger partial charge on any atom is -0.497 e. The number of benzene rings is 2. The van der Waals surface area contributed by atoms with Gasteiger partial charge in [0.25, 0.3) is 0 Å². The van der Waals surface area contributed by atoms with Crippen LogP contribution in [0.15, 0.2) is 45.8 Å². The Kier molecular flexibility index (Phi) is 7.69. The Hall–Kier alpha value is -2.69. The molecule has 0 bridgehead atoms. The molecule has 2 aliphatic rings. The molecule has 0 unspecified atom stereocenters. The zero-order valence-corrected chi connectivity index (χ0v) is 22.1. The lowest BCUT2D eigenvalue weighted by Gasteiger charge is -2.34. The Morgan fingerprint density at radius 3 is 2.59 bits per heavy atom. The zero-order valence-electron chi connectivity index (χ0n) is 21.3. The van der Waals surface area contributed by atoms with Gasteiger partial charge in [0.2, 0.25) is 10.0 Å². The fraction of sp³-hybridized carbons (Fsp3) is 0.519. The Labute approximate surface area is 217 Å². The van der Waals surface area contributed by atoms with Crippen molar-refractivity contribution in [1.82, 2.24) is 14.8 Å². The van der Waals surface area contributed by atoms with Crippen LogP contribution in [0.3, 0.4) is 0 Å². The van der Waals surface area contributed by atoms with Gasteiger partial charge < -0.3 is 18.9 Å². The van der Waals surface area contributed by atoms with E-state index < -0.39 is 10.0 Å². The average Bonchev–Trinajstić information content (AvgIpc) is 3.54. The van der Waals surface area contributed by atoms with E-state index in [0.29, 0.717) is 41.4 Å². The summed E-state index contributed by atoms with van der Waals surface area (Å²) in [6.07, 6.45) is 5.17. The Morgan fingerprint density at radius 1 is 1.05 bits per heavy atom. The predicted octanol–water partition coefficient (Wildman–Crippen LogP) is 4.56. The molecule has 1 aromatic heterocycles. The summed E-state index contributed by atoms with van der Waals surface area (Å²) in [4.78, 5) is 2.58. The first-order valence-electron chi connectivity index (χ1n) is 12.9. The lowest BCUT2D eigenvalue weighted by Crippen LogP contribution is -2.39. The van der Waals surface area contributed by atoms with Gasteiger partial charge in [-0.25, -0.2) is 17.5 Å². The van der Waals surface area contributed by atoms with Crippen molar-refractivity contribution in [2.45, 2.75) is 42.9 Å². The smallest absolute Gasteiger partial charge is 0.244 e. The van der Waals surface area contributed by atoms with E-state index in [4.69, 9.17) is 14.0 Å². The van der Waals surface area contributed by atoms with Crippen LogP contribution >= 0.6 is 0 Å². The number of rotatable bonds is 9. The average molecular weight is 532 g/mol. The number of hydrogen-bond donors (Lipinski definition) is 1. The molecule has 2 aromatic carbocycles. The van der Waals surface area contributed by atoms with Gasteiger partial charge in [0.05, 0.1) is 19.9 Å². The SMILES string of the molecule is COc1ccc(OC)c(S(=O)(=O)NC[C@H]2CCC[C@@H]2CN2CCC(c3noc4cc(F)ccc34)CC2)c1. The summed E-state index contributed by atoms with van der Waals surface area (Å²) in [6.45, 7) is 3.28. The number of methoxy groups -OCH3 is 2. The molecular weight excluding hydrogens is 497 g/mol. The second kappa shape index (κ2) is 11.0. The van der Waals surface area contributed by atoms with E-state index in [2.05, 4.69) is 14.8 Å². The number of nitrogens with one attached hydrogen (secondary N) is 1. The third-order valence-electron chi connectivity index (χ3n) is 7.94. The van der Waals surface area contributed by atoms with Crippen molar-refractivity contribution in [1.29, 1.82) is 0 Å². The van der Waals surface area contributed by atoms with Gasteiger partial charge in [-0.3, -0.25) is 0 Å². The van der Waals surface area contributed by atoms with E-state index in [1.807, 2.05) is 0 Å². The summed E-state index contributed by atoms with van der Waals surface area (Å²) in [5.41, 5.74) is 1.43. The first-order valence-corrected chi connectivity index (χ1v) is 14.3. The maximum Gasteiger partial charge on any atom is 0.244 e. The van der Waals surface area contributed by atoms with E-state index in [9.17, 15) is 12.8 Å². The molecule has 1 N–H and O–H groups in total. The van der Waals surface area contributed by atoms with E-state index in [-0.39, 0.29) is 10.7 Å². The quantitative estimate of drug-likeness (QED) is 0.433. The van der Waals surface area contributed by atoms with Crippen molar-refractivity contribution in [3.05, 3.63) is 47.9 Å². The molecule has 37 heavy (non-hydrogen) atoms. The largest absolute Gasteiger partial charge is 0.497 e. The minimum absolute atomic E-state index is 0.0917. The Bertz CT molecular complexity index is 1340. The van der Waals surface area contributed by atoms with Crippen LogP contribution in [-0.4, -0.2) is 58.9 Å². The van der Waals surface area contributed by atoms with Crippen LogP contribution in [0.25, 0.3) is 11.0 Å². The molecular formula is C27H34FN3O5S. The molecule has 2 fully saturated rings. The highest BCUT2D eigenvalue weighted by molar-refractivity contribution is 7.89. The molecule has 2 atom stereocenters. The summed E-state index contributed by atoms with van der Waals surface area (Å²) < 4.78 is 58.4. The van der Waals surface area contributed by atoms with Crippen LogP contribution in [0, 0.1) is 17.7 Å². The van der Waals surface area contributed by atoms with E-state index >= 15 is 0 Å². The van der Waals surface area contributed by atoms with Crippen LogP contribution in [0.1, 0.15) is 43.7 Å². The van der Waals surface area contributed by atoms with Gasteiger partial charge in [-0.15, -0.1) is 0 Å². The zero-order chi connectivity index (χ0) is 26.0. The number of sulfonamides is 1. The number of nitrogens with zero attached hydrogens (tertiary/aromatic N) is 2. The highest BCUT2D eigenvalue weighted by Crippen LogP contribution is 2.36. The topological polar surface area (TPSA) is 93.9 Å². The molecule has 5 rings (SSSR count). The molecule has 1 saturated carbocycles. The van der Waals surface area contributed by atoms with E-state index in [0.717, 1.165) is 62.8 Å². The molecule has 0 spiro atoms. The molecule has 1 saturated heterocycles. The maximum atomic E-state index is 13.5. The summed E-state index contributed by atoms with van der Waals surface area (Å²) >= 11 is 0. The minimum atomic E-state index is -3.74. The van der Waals surface area contributed by atoms with Crippen molar-refractivity contribution in [2.75, 3.05) is 40.4 Å². The normalized spacial score (nSPS) is 21.5. The van der Waals surface area contributed by atoms with E-state index in [1.165, 1.54) is 32.4 Å². The van der Waals surface area contributed by atoms with Crippen molar-refractivity contribution in [2.24, 2.45) is 11.8 Å². The summed E-state index contributed by atoms with van der Waals surface area (Å²) in [7, 11) is -0.774. The predicted molar refractivity (Wildman–Crippen MR) is 138 cm³/mol. The monoisotopic (exact) mass is 531 g/mol. The van der Waals surface area contributed by atoms with Gasteiger partial charge in [0, 0.05) is 36.5 Å². The molecule has 200 valence electrons. The van der Waals surface area contributed by atoms with Crippen molar-refractivity contribution in [3.63, 3.8) is 0 Å². The summed E-state index contributed by atoms with van der Waals surface area (Å²) in [6, 6.07) is 9.38. The maximum absolute atomic E-state index is 13.5. The number of ether oxygens (including phenoxy) is 2. The number of halogens is 1. The van der Waals surface area contributed by atoms with Crippen LogP contribution in [0.5, 0.6) is 11.5 Å². The fourth-order valence-corrected chi connectivity index (χ4v) is 7.13. The van der Waals surface area contributed by atoms with Crippen molar-refractivity contribution < 1.29 is 26.8 Å². The van der Waals surface area contributed by atoms with Crippen LogP contribution < -0.4 is 14.2 Å². The second-order valence-electron chi connectivity index (χ2n) is 10.1. The Balaban J connectivity index is 1.17. The number of likely N-dealkylation sites (tertiary alicyclic amines) is 1. The molecule has 10 heteroatoms. The number of hydrogen-bond acceptors (Lipinski definition) is 7. The van der Waals surface area contributed by atoms with E-state index in [1.54, 1.807) is 18.2 Å². The third-order valence-corrected chi connectivity index (χ3v) is 9.39. The summed E-state index contributed by atoms with van der Waals surface area (Å²) in [5, 5.41) is 5.15. The van der Waals surface area contributed by atoms with Crippen molar-refractivity contribution >= 4 is 21.0 Å². The molecule has 8 nitrogen and oxygen atoms in total. The highest BCUT2D eigenvalue weighted by atomic mass is 32.2. The molecule has 0 radical (unpaired) electrons. The van der Waals surface area contributed by atoms with Crippen LogP contribution in [0.2, 0.25) is 0 Å². The third kappa shape index (κ3) is 5.61. The second-order valence-corrected chi connectivity index (χ2v) is 11.8. The first kappa shape index (κ1) is 25.9. The first-order chi connectivity index (χ1) is 17.9. The molecule has 1 aliphatic carbocycles. The molecule has 0 amide bonds.